The maximum Gasteiger partial charge on any atom is 0.309 e. The Kier molecular flexibility index (Phi) is 8.98. The fourth-order valence-electron chi connectivity index (χ4n) is 5.40. The molecule has 44 heavy (non-hydrogen) atoms. The number of hydrogen-bond acceptors (Lipinski definition) is 9. The highest BCUT2D eigenvalue weighted by molar-refractivity contribution is 8.18. The average Bonchev–Trinajstić information content (AvgIpc) is 3.65. The van der Waals surface area contributed by atoms with E-state index in [0.29, 0.717) is 72.6 Å². The first kappa shape index (κ1) is 30.3. The first-order chi connectivity index (χ1) is 21.3. The summed E-state index contributed by atoms with van der Waals surface area (Å²) in [7, 11) is -3.82. The second-order valence-electron chi connectivity index (χ2n) is 10.6. The van der Waals surface area contributed by atoms with Gasteiger partial charge in [-0.2, -0.15) is 14.4 Å². The van der Waals surface area contributed by atoms with Crippen LogP contribution in [0.4, 0.5) is 0 Å². The summed E-state index contributed by atoms with van der Waals surface area (Å²) in [6.07, 6.45) is 4.43. The van der Waals surface area contributed by atoms with Gasteiger partial charge in [-0.05, 0) is 61.9 Å². The van der Waals surface area contributed by atoms with Gasteiger partial charge in [0.25, 0.3) is 5.91 Å². The Hall–Kier alpha value is -3.78. The number of esters is 1. The largest absolute Gasteiger partial charge is 0.466 e. The molecule has 0 radical (unpaired) electrons. The fraction of sp³-hybridized carbons (Fsp3) is 0.355. The van der Waals surface area contributed by atoms with Crippen LogP contribution in [0.5, 0.6) is 0 Å². The van der Waals surface area contributed by atoms with Crippen LogP contribution in [0.1, 0.15) is 25.3 Å². The van der Waals surface area contributed by atoms with Crippen LogP contribution in [-0.2, 0) is 29.1 Å². The van der Waals surface area contributed by atoms with Gasteiger partial charge >= 0.3 is 5.97 Å². The van der Waals surface area contributed by atoms with Crippen molar-refractivity contribution < 1.29 is 27.5 Å². The van der Waals surface area contributed by atoms with E-state index in [1.54, 1.807) is 35.9 Å². The second kappa shape index (κ2) is 13.1. The number of aliphatic imine (C=N–C) groups is 1. The number of ether oxygens (including phenoxy) is 2. The molecule has 230 valence electrons. The number of morpholine rings is 1. The van der Waals surface area contributed by atoms with Gasteiger partial charge in [0, 0.05) is 43.5 Å². The molecule has 0 spiro atoms. The number of sulfonamides is 1. The number of aromatic nitrogens is 2. The summed E-state index contributed by atoms with van der Waals surface area (Å²) < 4.78 is 41.1. The number of para-hydroxylation sites is 1. The summed E-state index contributed by atoms with van der Waals surface area (Å²) in [6.45, 7) is 5.05. The number of hydrogen-bond donors (Lipinski definition) is 0. The summed E-state index contributed by atoms with van der Waals surface area (Å²) in [6, 6.07) is 16.3. The molecule has 1 aromatic heterocycles. The summed E-state index contributed by atoms with van der Waals surface area (Å²) in [4.78, 5) is 32.0. The molecule has 4 heterocycles. The fourth-order valence-corrected chi connectivity index (χ4v) is 7.88. The maximum atomic E-state index is 13.7. The van der Waals surface area contributed by atoms with Gasteiger partial charge in [-0.15, -0.1) is 0 Å². The second-order valence-corrected chi connectivity index (χ2v) is 13.5. The molecular formula is C31H33N5O6S2. The summed E-state index contributed by atoms with van der Waals surface area (Å²) in [5.74, 6) is -0.893. The van der Waals surface area contributed by atoms with E-state index < -0.39 is 10.0 Å². The average molecular weight is 636 g/mol. The van der Waals surface area contributed by atoms with E-state index in [0.717, 1.165) is 5.69 Å². The summed E-state index contributed by atoms with van der Waals surface area (Å²) in [5.41, 5.74) is 2.61. The topological polar surface area (TPSA) is 123 Å². The van der Waals surface area contributed by atoms with Gasteiger partial charge in [-0.1, -0.05) is 30.3 Å². The van der Waals surface area contributed by atoms with E-state index in [1.807, 2.05) is 47.5 Å². The Morgan fingerprint density at radius 3 is 2.55 bits per heavy atom. The molecule has 2 fully saturated rings. The third-order valence-electron chi connectivity index (χ3n) is 7.76. The highest BCUT2D eigenvalue weighted by Crippen LogP contribution is 2.34. The first-order valence-electron chi connectivity index (χ1n) is 14.6. The van der Waals surface area contributed by atoms with Crippen LogP contribution in [0.15, 0.2) is 75.6 Å². The predicted octanol–water partition coefficient (Wildman–Crippen LogP) is 3.81. The van der Waals surface area contributed by atoms with E-state index in [1.165, 1.54) is 16.1 Å². The van der Waals surface area contributed by atoms with Gasteiger partial charge in [-0.3, -0.25) is 9.59 Å². The minimum absolute atomic E-state index is 0.140. The minimum atomic E-state index is -3.82. The Morgan fingerprint density at radius 2 is 1.82 bits per heavy atom. The molecule has 0 unspecified atom stereocenters. The molecule has 11 nitrogen and oxygen atoms in total. The van der Waals surface area contributed by atoms with Gasteiger partial charge in [0.2, 0.25) is 10.0 Å². The molecule has 2 aromatic carbocycles. The Bertz CT molecular complexity index is 1710. The molecule has 0 bridgehead atoms. The number of thioether (sulfide) groups is 1. The highest BCUT2D eigenvalue weighted by Gasteiger charge is 2.33. The highest BCUT2D eigenvalue weighted by atomic mass is 32.2. The number of carbonyl (C=O) groups is 2. The van der Waals surface area contributed by atoms with Gasteiger partial charge in [0.15, 0.2) is 5.17 Å². The number of piperidine rings is 1. The molecule has 13 heteroatoms. The number of amides is 1. The van der Waals surface area contributed by atoms with Gasteiger partial charge in [0.05, 0.1) is 41.2 Å². The molecule has 1 amide bonds. The van der Waals surface area contributed by atoms with Crippen LogP contribution in [0.2, 0.25) is 0 Å². The van der Waals surface area contributed by atoms with Crippen LogP contribution in [-0.4, -0.2) is 90.4 Å². The van der Waals surface area contributed by atoms with E-state index in [-0.39, 0.29) is 35.8 Å². The lowest BCUT2D eigenvalue weighted by Gasteiger charge is -2.30. The number of benzene rings is 2. The van der Waals surface area contributed by atoms with Crippen molar-refractivity contribution >= 4 is 44.9 Å². The molecule has 3 aromatic rings. The van der Waals surface area contributed by atoms with Gasteiger partial charge < -0.3 is 14.4 Å². The van der Waals surface area contributed by atoms with E-state index in [2.05, 4.69) is 4.99 Å². The van der Waals surface area contributed by atoms with Crippen LogP contribution in [0.3, 0.4) is 0 Å². The molecule has 2 saturated heterocycles. The van der Waals surface area contributed by atoms with E-state index in [9.17, 15) is 18.0 Å². The van der Waals surface area contributed by atoms with Crippen LogP contribution < -0.4 is 0 Å². The molecule has 3 aliphatic heterocycles. The van der Waals surface area contributed by atoms with Gasteiger partial charge in [0.1, 0.15) is 5.69 Å². The normalized spacial score (nSPS) is 19.4. The van der Waals surface area contributed by atoms with E-state index in [4.69, 9.17) is 14.6 Å². The van der Waals surface area contributed by atoms with Crippen molar-refractivity contribution in [2.45, 2.75) is 24.7 Å². The maximum absolute atomic E-state index is 13.7. The molecule has 0 N–H and O–H groups in total. The van der Waals surface area contributed by atoms with E-state index >= 15 is 0 Å². The SMILES string of the molecule is CCOC(=O)C1CCN(S(=O)(=O)c2cccc(-c3nn(-c4ccccc4)cc3C=C3SC(N4CCOCC4)=NC3=O)c2)CC1. The predicted molar refractivity (Wildman–Crippen MR) is 168 cm³/mol. The van der Waals surface area contributed by atoms with Crippen molar-refractivity contribution in [3.05, 3.63) is 71.3 Å². The van der Waals surface area contributed by atoms with Crippen molar-refractivity contribution in [1.82, 2.24) is 19.0 Å². The van der Waals surface area contributed by atoms with Crippen molar-refractivity contribution in [3.63, 3.8) is 0 Å². The number of carbonyl (C=O) groups excluding carboxylic acids is 2. The summed E-state index contributed by atoms with van der Waals surface area (Å²) in [5, 5.41) is 5.49. The standard InChI is InChI=1S/C31H33N5O6S2/c1-2-42-30(38)22-11-13-35(14-12-22)44(39,40)26-10-6-7-23(19-26)28-24(21-36(33-28)25-8-4-3-5-9-25)20-27-29(37)32-31(43-27)34-15-17-41-18-16-34/h3-10,19-22H,2,11-18H2,1H3. The first-order valence-corrected chi connectivity index (χ1v) is 16.9. The minimum Gasteiger partial charge on any atom is -0.466 e. The van der Waals surface area contributed by atoms with Crippen molar-refractivity contribution in [2.75, 3.05) is 46.0 Å². The van der Waals surface area contributed by atoms with Crippen molar-refractivity contribution in [2.24, 2.45) is 10.9 Å². The lowest BCUT2D eigenvalue weighted by Crippen LogP contribution is -2.40. The number of nitrogens with zero attached hydrogens (tertiary/aromatic N) is 5. The third kappa shape index (κ3) is 6.36. The molecule has 0 saturated carbocycles. The molecule has 6 rings (SSSR count). The number of rotatable bonds is 7. The molecule has 0 aliphatic carbocycles. The Morgan fingerprint density at radius 1 is 1.07 bits per heavy atom. The zero-order valence-electron chi connectivity index (χ0n) is 24.3. The Labute approximate surface area is 260 Å². The lowest BCUT2D eigenvalue weighted by atomic mass is 9.98. The quantitative estimate of drug-likeness (QED) is 0.282. The zero-order valence-corrected chi connectivity index (χ0v) is 25.9. The smallest absolute Gasteiger partial charge is 0.309 e. The van der Waals surface area contributed by atoms with Crippen LogP contribution in [0.25, 0.3) is 23.0 Å². The van der Waals surface area contributed by atoms with Crippen LogP contribution >= 0.6 is 11.8 Å². The third-order valence-corrected chi connectivity index (χ3v) is 10.7. The molecule has 3 aliphatic rings. The molecular weight excluding hydrogens is 603 g/mol. The van der Waals surface area contributed by atoms with Crippen LogP contribution in [0, 0.1) is 5.92 Å². The van der Waals surface area contributed by atoms with Crippen molar-refractivity contribution in [1.29, 1.82) is 0 Å². The molecule has 0 atom stereocenters. The van der Waals surface area contributed by atoms with Gasteiger partial charge in [-0.25, -0.2) is 13.1 Å². The Balaban J connectivity index is 1.30. The monoisotopic (exact) mass is 635 g/mol. The van der Waals surface area contributed by atoms with Crippen molar-refractivity contribution in [3.8, 4) is 16.9 Å². The zero-order chi connectivity index (χ0) is 30.7. The number of amidine groups is 1. The summed E-state index contributed by atoms with van der Waals surface area (Å²) >= 11 is 1.32. The lowest BCUT2D eigenvalue weighted by molar-refractivity contribution is -0.149.